The van der Waals surface area contributed by atoms with E-state index < -0.39 is 5.41 Å². The van der Waals surface area contributed by atoms with E-state index in [9.17, 15) is 14.9 Å². The fourth-order valence-corrected chi connectivity index (χ4v) is 6.47. The second-order valence-electron chi connectivity index (χ2n) is 11.0. The van der Waals surface area contributed by atoms with E-state index in [4.69, 9.17) is 0 Å². The minimum atomic E-state index is -0.807. The third-order valence-electron chi connectivity index (χ3n) is 8.65. The van der Waals surface area contributed by atoms with Crippen LogP contribution < -0.4 is 21.6 Å². The van der Waals surface area contributed by atoms with Crippen LogP contribution in [0.25, 0.3) is 5.70 Å². The summed E-state index contributed by atoms with van der Waals surface area (Å²) < 4.78 is 0. The Labute approximate surface area is 245 Å². The Morgan fingerprint density at radius 2 is 1.81 bits per heavy atom. The molecule has 2 atom stereocenters. The molecule has 0 bridgehead atoms. The molecule has 1 fully saturated rings. The average Bonchev–Trinajstić information content (AvgIpc) is 3.66. The van der Waals surface area contributed by atoms with Crippen molar-refractivity contribution in [1.29, 1.82) is 5.26 Å². The Balaban J connectivity index is 1.58. The standard InChI is InChI=1S/C32H38N8O2/c1-20(40-15-5-6-26(40)18-33)19-36-14-13-32(30-37-31(42)39-38-30)27-11-9-22(21(2)34-3)16-23(27)7-8-24-17-25(29(41)35-4)10-12-28(24)32/h9-12,16-17,26,34,36H,1-2,5-8,13-15,19H2,3-4H3,(H,35,41)(H2,37,38,39,42). The first kappa shape index (κ1) is 28.9. The van der Waals surface area contributed by atoms with Crippen LogP contribution in [0.3, 0.4) is 0 Å². The fourth-order valence-electron chi connectivity index (χ4n) is 6.47. The number of carbonyl (C=O) groups excluding carboxylic acids is 1. The van der Waals surface area contributed by atoms with E-state index >= 15 is 0 Å². The number of rotatable bonds is 10. The monoisotopic (exact) mass is 566 g/mol. The van der Waals surface area contributed by atoms with Crippen molar-refractivity contribution in [3.05, 3.63) is 105 Å². The Bertz CT molecular complexity index is 1540. The van der Waals surface area contributed by atoms with Gasteiger partial charge in [-0.25, -0.2) is 9.89 Å². The number of aromatic amines is 2. The van der Waals surface area contributed by atoms with Crippen LogP contribution in [0, 0.1) is 11.3 Å². The molecule has 10 heteroatoms. The van der Waals surface area contributed by atoms with Gasteiger partial charge in [-0.05, 0) is 84.7 Å². The number of benzene rings is 2. The summed E-state index contributed by atoms with van der Waals surface area (Å²) in [6.07, 6.45) is 3.89. The van der Waals surface area contributed by atoms with Gasteiger partial charge in [0.05, 0.1) is 11.5 Å². The summed E-state index contributed by atoms with van der Waals surface area (Å²) in [5, 5.41) is 26.0. The van der Waals surface area contributed by atoms with E-state index in [-0.39, 0.29) is 17.6 Å². The molecule has 1 saturated heterocycles. The molecular weight excluding hydrogens is 528 g/mol. The lowest BCUT2D eigenvalue weighted by atomic mass is 9.69. The van der Waals surface area contributed by atoms with E-state index in [0.29, 0.717) is 37.3 Å². The highest BCUT2D eigenvalue weighted by molar-refractivity contribution is 5.94. The minimum Gasteiger partial charge on any atom is -0.388 e. The molecule has 1 aromatic heterocycles. The Morgan fingerprint density at radius 3 is 2.43 bits per heavy atom. The molecule has 5 N–H and O–H groups in total. The van der Waals surface area contributed by atoms with E-state index in [1.807, 2.05) is 31.3 Å². The number of nitrogens with zero attached hydrogens (tertiary/aromatic N) is 3. The maximum absolute atomic E-state index is 12.6. The Kier molecular flexibility index (Phi) is 8.31. The van der Waals surface area contributed by atoms with Gasteiger partial charge < -0.3 is 20.9 Å². The maximum Gasteiger partial charge on any atom is 0.340 e. The number of carbonyl (C=O) groups is 1. The van der Waals surface area contributed by atoms with E-state index in [1.54, 1.807) is 7.05 Å². The van der Waals surface area contributed by atoms with Crippen molar-refractivity contribution in [2.75, 3.05) is 33.7 Å². The van der Waals surface area contributed by atoms with Crippen LogP contribution in [0.2, 0.25) is 0 Å². The lowest BCUT2D eigenvalue weighted by Gasteiger charge is -2.35. The van der Waals surface area contributed by atoms with E-state index in [0.717, 1.165) is 65.0 Å². The van der Waals surface area contributed by atoms with Crippen LogP contribution in [0.5, 0.6) is 0 Å². The van der Waals surface area contributed by atoms with Gasteiger partial charge in [0.15, 0.2) is 0 Å². The molecule has 1 aliphatic heterocycles. The molecule has 0 saturated carbocycles. The van der Waals surface area contributed by atoms with Crippen LogP contribution in [0.1, 0.15) is 63.3 Å². The second-order valence-corrected chi connectivity index (χ2v) is 11.0. The Morgan fingerprint density at radius 1 is 1.12 bits per heavy atom. The van der Waals surface area contributed by atoms with Gasteiger partial charge in [-0.2, -0.15) is 10.4 Å². The number of hydrogen-bond acceptors (Lipinski definition) is 7. The fraction of sp³-hybridized carbons (Fsp3) is 0.375. The van der Waals surface area contributed by atoms with Gasteiger partial charge in [-0.3, -0.25) is 9.78 Å². The summed E-state index contributed by atoms with van der Waals surface area (Å²) in [6, 6.07) is 14.4. The van der Waals surface area contributed by atoms with Gasteiger partial charge in [0.2, 0.25) is 0 Å². The summed E-state index contributed by atoms with van der Waals surface area (Å²) in [6.45, 7) is 10.4. The number of likely N-dealkylation sites (tertiary alicyclic amines) is 1. The molecule has 218 valence electrons. The van der Waals surface area contributed by atoms with Crippen LogP contribution in [0.4, 0.5) is 0 Å². The van der Waals surface area contributed by atoms with Crippen molar-refractivity contribution in [2.24, 2.45) is 0 Å². The molecule has 42 heavy (non-hydrogen) atoms. The zero-order valence-corrected chi connectivity index (χ0v) is 24.3. The van der Waals surface area contributed by atoms with Gasteiger partial charge in [-0.15, -0.1) is 0 Å². The van der Waals surface area contributed by atoms with Crippen LogP contribution in [-0.4, -0.2) is 65.8 Å². The third kappa shape index (κ3) is 5.23. The first-order valence-electron chi connectivity index (χ1n) is 14.4. The SMILES string of the molecule is C=C(NC)c1ccc2c(c1)CCc1cc(C(=O)NC)ccc1C2(CCNCC(=C)N1CCCC1C#N)c1n[nH]c(=O)[nH]1. The van der Waals surface area contributed by atoms with Crippen molar-refractivity contribution in [1.82, 2.24) is 36.0 Å². The van der Waals surface area contributed by atoms with Crippen molar-refractivity contribution in [2.45, 2.75) is 43.6 Å². The smallest absolute Gasteiger partial charge is 0.340 e. The molecule has 10 nitrogen and oxygen atoms in total. The molecule has 5 rings (SSSR count). The van der Waals surface area contributed by atoms with Crippen molar-refractivity contribution in [3.63, 3.8) is 0 Å². The molecule has 2 aromatic carbocycles. The highest BCUT2D eigenvalue weighted by Gasteiger charge is 2.43. The Hall–Kier alpha value is -4.62. The minimum absolute atomic E-state index is 0.128. The molecule has 0 spiro atoms. The van der Waals surface area contributed by atoms with E-state index in [1.165, 1.54) is 0 Å². The first-order valence-corrected chi connectivity index (χ1v) is 14.4. The lowest BCUT2D eigenvalue weighted by Crippen LogP contribution is -2.38. The summed E-state index contributed by atoms with van der Waals surface area (Å²) >= 11 is 0. The molecule has 2 aliphatic rings. The first-order chi connectivity index (χ1) is 20.3. The number of amides is 1. The summed E-state index contributed by atoms with van der Waals surface area (Å²) in [5.41, 5.74) is 6.32. The lowest BCUT2D eigenvalue weighted by molar-refractivity contribution is 0.0963. The number of aryl methyl sites for hydroxylation is 2. The summed E-state index contributed by atoms with van der Waals surface area (Å²) in [7, 11) is 3.47. The van der Waals surface area contributed by atoms with Gasteiger partial charge in [0.1, 0.15) is 11.9 Å². The number of H-pyrrole nitrogens is 2. The topological polar surface area (TPSA) is 142 Å². The number of nitriles is 1. The molecule has 2 heterocycles. The number of aromatic nitrogens is 3. The number of hydrogen-bond donors (Lipinski definition) is 5. The van der Waals surface area contributed by atoms with Gasteiger partial charge in [0.25, 0.3) is 5.91 Å². The van der Waals surface area contributed by atoms with Crippen LogP contribution in [0.15, 0.2) is 60.0 Å². The molecule has 2 unspecified atom stereocenters. The normalized spacial score (nSPS) is 19.3. The van der Waals surface area contributed by atoms with Gasteiger partial charge >= 0.3 is 5.69 Å². The highest BCUT2D eigenvalue weighted by atomic mass is 16.2. The van der Waals surface area contributed by atoms with E-state index in [2.05, 4.69) is 67.4 Å². The van der Waals surface area contributed by atoms with Crippen molar-refractivity contribution in [3.8, 4) is 6.07 Å². The van der Waals surface area contributed by atoms with Crippen LogP contribution >= 0.6 is 0 Å². The van der Waals surface area contributed by atoms with Crippen molar-refractivity contribution >= 4 is 11.6 Å². The average molecular weight is 567 g/mol. The van der Waals surface area contributed by atoms with Crippen LogP contribution in [-0.2, 0) is 18.3 Å². The predicted molar refractivity (Wildman–Crippen MR) is 163 cm³/mol. The summed E-state index contributed by atoms with van der Waals surface area (Å²) in [5.74, 6) is 0.373. The quantitative estimate of drug-likeness (QED) is 0.238. The molecular formula is C32H38N8O2. The van der Waals surface area contributed by atoms with Gasteiger partial charge in [-0.1, -0.05) is 31.4 Å². The second kappa shape index (κ2) is 12.1. The maximum atomic E-state index is 12.6. The van der Waals surface area contributed by atoms with Crippen molar-refractivity contribution < 1.29 is 4.79 Å². The highest BCUT2D eigenvalue weighted by Crippen LogP contribution is 2.46. The zero-order valence-electron chi connectivity index (χ0n) is 24.3. The number of fused-ring (bicyclic) bond motifs is 2. The molecule has 1 aliphatic carbocycles. The van der Waals surface area contributed by atoms with Gasteiger partial charge in [0, 0.05) is 44.1 Å². The largest absolute Gasteiger partial charge is 0.388 e. The molecule has 0 radical (unpaired) electrons. The third-order valence-corrected chi connectivity index (χ3v) is 8.65. The molecule has 1 amide bonds. The summed E-state index contributed by atoms with van der Waals surface area (Å²) in [4.78, 5) is 30.1. The zero-order chi connectivity index (χ0) is 29.9. The predicted octanol–water partition coefficient (Wildman–Crippen LogP) is 2.56. The molecule has 3 aromatic rings. The number of nitrogens with one attached hydrogen (secondary N) is 5.